The predicted molar refractivity (Wildman–Crippen MR) is 80.2 cm³/mol. The number of nitriles is 1. The van der Waals surface area contributed by atoms with Crippen LogP contribution in [0.25, 0.3) is 0 Å². The molecule has 0 aromatic heterocycles. The number of nitrogens with zero attached hydrogens (tertiary/aromatic N) is 1. The fourth-order valence-electron chi connectivity index (χ4n) is 2.74. The Morgan fingerprint density at radius 2 is 2.00 bits per heavy atom. The van der Waals surface area contributed by atoms with Gasteiger partial charge in [0.1, 0.15) is 0 Å². The molecule has 0 spiro atoms. The number of ether oxygens (including phenoxy) is 1. The van der Waals surface area contributed by atoms with Crippen LogP contribution >= 0.6 is 0 Å². The highest BCUT2D eigenvalue weighted by Crippen LogP contribution is 2.23. The highest BCUT2D eigenvalue weighted by Gasteiger charge is 2.16. The van der Waals surface area contributed by atoms with Crippen LogP contribution in [0.3, 0.4) is 0 Å². The van der Waals surface area contributed by atoms with Gasteiger partial charge in [-0.2, -0.15) is 5.26 Å². The molecule has 0 unspecified atom stereocenters. The highest BCUT2D eigenvalue weighted by molar-refractivity contribution is 5.36. The van der Waals surface area contributed by atoms with Crippen molar-refractivity contribution in [2.45, 2.75) is 45.3 Å². The van der Waals surface area contributed by atoms with Gasteiger partial charge in [0.15, 0.2) is 0 Å². The van der Waals surface area contributed by atoms with E-state index in [9.17, 15) is 0 Å². The van der Waals surface area contributed by atoms with Gasteiger partial charge in [-0.15, -0.1) is 0 Å². The summed E-state index contributed by atoms with van der Waals surface area (Å²) in [5.74, 6) is 0.895. The number of rotatable bonds is 6. The topological polar surface area (TPSA) is 45.0 Å². The Kier molecular flexibility index (Phi) is 6.04. The summed E-state index contributed by atoms with van der Waals surface area (Å²) in [4.78, 5) is 0. The first-order valence-electron chi connectivity index (χ1n) is 7.58. The molecule has 0 radical (unpaired) electrons. The molecule has 0 aliphatic heterocycles. The third-order valence-electron chi connectivity index (χ3n) is 4.09. The van der Waals surface area contributed by atoms with Crippen molar-refractivity contribution in [3.63, 3.8) is 0 Å². The van der Waals surface area contributed by atoms with Gasteiger partial charge < -0.3 is 10.1 Å². The molecule has 0 heterocycles. The zero-order valence-electron chi connectivity index (χ0n) is 12.3. The summed E-state index contributed by atoms with van der Waals surface area (Å²) in [6.45, 7) is 4.46. The molecule has 108 valence electrons. The van der Waals surface area contributed by atoms with Gasteiger partial charge in [-0.05, 0) is 43.2 Å². The van der Waals surface area contributed by atoms with E-state index in [2.05, 4.69) is 18.3 Å². The van der Waals surface area contributed by atoms with Crippen molar-refractivity contribution in [2.24, 2.45) is 5.92 Å². The molecular formula is C17H24N2O. The first-order valence-corrected chi connectivity index (χ1v) is 7.58. The highest BCUT2D eigenvalue weighted by atomic mass is 16.5. The van der Waals surface area contributed by atoms with Crippen LogP contribution in [0.2, 0.25) is 0 Å². The average molecular weight is 272 g/mol. The quantitative estimate of drug-likeness (QED) is 0.809. The third-order valence-corrected chi connectivity index (χ3v) is 4.09. The summed E-state index contributed by atoms with van der Waals surface area (Å²) in [5, 5.41) is 12.6. The fourth-order valence-corrected chi connectivity index (χ4v) is 2.74. The van der Waals surface area contributed by atoms with Crippen LogP contribution in [0.5, 0.6) is 0 Å². The first kappa shape index (κ1) is 15.0. The molecule has 1 N–H and O–H groups in total. The Hall–Kier alpha value is -1.37. The van der Waals surface area contributed by atoms with E-state index in [1.54, 1.807) is 0 Å². The summed E-state index contributed by atoms with van der Waals surface area (Å²) in [7, 11) is 0. The van der Waals surface area contributed by atoms with Gasteiger partial charge in [0.05, 0.1) is 24.8 Å². The number of nitrogens with one attached hydrogen (secondary N) is 1. The van der Waals surface area contributed by atoms with E-state index >= 15 is 0 Å². The smallest absolute Gasteiger partial charge is 0.0995 e. The van der Waals surface area contributed by atoms with Gasteiger partial charge in [-0.3, -0.25) is 0 Å². The molecule has 1 aliphatic carbocycles. The van der Waals surface area contributed by atoms with Crippen molar-refractivity contribution >= 4 is 0 Å². The Labute approximate surface area is 121 Å². The largest absolute Gasteiger partial charge is 0.375 e. The van der Waals surface area contributed by atoms with Crippen LogP contribution in [-0.4, -0.2) is 19.2 Å². The SMILES string of the molecule is CC1CCC(NCCOCc2ccccc2C#N)CC1. The molecule has 0 amide bonds. The van der Waals surface area contributed by atoms with Crippen LogP contribution in [0.4, 0.5) is 0 Å². The third kappa shape index (κ3) is 4.63. The van der Waals surface area contributed by atoms with E-state index in [0.717, 1.165) is 18.0 Å². The summed E-state index contributed by atoms with van der Waals surface area (Å²) in [6.07, 6.45) is 5.26. The zero-order chi connectivity index (χ0) is 14.2. The normalized spacial score (nSPS) is 22.4. The van der Waals surface area contributed by atoms with Crippen molar-refractivity contribution < 1.29 is 4.74 Å². The summed E-state index contributed by atoms with van der Waals surface area (Å²) >= 11 is 0. The lowest BCUT2D eigenvalue weighted by molar-refractivity contribution is 0.118. The minimum atomic E-state index is 0.521. The van der Waals surface area contributed by atoms with Crippen molar-refractivity contribution in [3.8, 4) is 6.07 Å². The number of hydrogen-bond donors (Lipinski definition) is 1. The number of hydrogen-bond acceptors (Lipinski definition) is 3. The molecule has 3 nitrogen and oxygen atoms in total. The van der Waals surface area contributed by atoms with Gasteiger partial charge in [-0.1, -0.05) is 25.1 Å². The Bertz CT molecular complexity index is 445. The lowest BCUT2D eigenvalue weighted by atomic mass is 9.87. The molecule has 1 aliphatic rings. The molecule has 0 atom stereocenters. The molecule has 0 saturated heterocycles. The molecule has 0 bridgehead atoms. The van der Waals surface area contributed by atoms with Crippen LogP contribution < -0.4 is 5.32 Å². The van der Waals surface area contributed by atoms with E-state index in [1.807, 2.05) is 24.3 Å². The van der Waals surface area contributed by atoms with E-state index in [-0.39, 0.29) is 0 Å². The molecular weight excluding hydrogens is 248 g/mol. The molecule has 1 fully saturated rings. The molecule has 1 saturated carbocycles. The minimum Gasteiger partial charge on any atom is -0.375 e. The van der Waals surface area contributed by atoms with Crippen molar-refractivity contribution in [3.05, 3.63) is 35.4 Å². The molecule has 3 heteroatoms. The summed E-state index contributed by atoms with van der Waals surface area (Å²) in [5.41, 5.74) is 1.68. The Balaban J connectivity index is 1.61. The molecule has 1 aromatic rings. The Morgan fingerprint density at radius 3 is 2.75 bits per heavy atom. The van der Waals surface area contributed by atoms with E-state index in [0.29, 0.717) is 24.8 Å². The maximum Gasteiger partial charge on any atom is 0.0995 e. The lowest BCUT2D eigenvalue weighted by Crippen LogP contribution is -2.34. The van der Waals surface area contributed by atoms with Crippen molar-refractivity contribution in [2.75, 3.05) is 13.2 Å². The van der Waals surface area contributed by atoms with Crippen molar-refractivity contribution in [1.29, 1.82) is 5.26 Å². The van der Waals surface area contributed by atoms with Gasteiger partial charge >= 0.3 is 0 Å². The van der Waals surface area contributed by atoms with Crippen LogP contribution in [0, 0.1) is 17.2 Å². The second kappa shape index (κ2) is 8.04. The molecule has 1 aromatic carbocycles. The maximum absolute atomic E-state index is 8.99. The van der Waals surface area contributed by atoms with Crippen molar-refractivity contribution in [1.82, 2.24) is 5.32 Å². The first-order chi connectivity index (χ1) is 9.79. The van der Waals surface area contributed by atoms with E-state index < -0.39 is 0 Å². The standard InChI is InChI=1S/C17H24N2O/c1-14-6-8-17(9-7-14)19-10-11-20-13-16-5-3-2-4-15(16)12-18/h2-5,14,17,19H,6-11,13H2,1H3. The van der Waals surface area contributed by atoms with E-state index in [1.165, 1.54) is 25.7 Å². The zero-order valence-corrected chi connectivity index (χ0v) is 12.3. The second-order valence-electron chi connectivity index (χ2n) is 5.73. The van der Waals surface area contributed by atoms with Crippen LogP contribution in [0.1, 0.15) is 43.7 Å². The van der Waals surface area contributed by atoms with Gasteiger partial charge in [0.25, 0.3) is 0 Å². The van der Waals surface area contributed by atoms with Gasteiger partial charge in [0.2, 0.25) is 0 Å². The second-order valence-corrected chi connectivity index (χ2v) is 5.73. The van der Waals surface area contributed by atoms with Crippen LogP contribution in [-0.2, 0) is 11.3 Å². The summed E-state index contributed by atoms with van der Waals surface area (Å²) < 4.78 is 5.66. The predicted octanol–water partition coefficient (Wildman–Crippen LogP) is 3.24. The monoisotopic (exact) mass is 272 g/mol. The fraction of sp³-hybridized carbons (Fsp3) is 0.588. The maximum atomic E-state index is 8.99. The summed E-state index contributed by atoms with van der Waals surface area (Å²) in [6, 6.07) is 10.5. The Morgan fingerprint density at radius 1 is 1.25 bits per heavy atom. The van der Waals surface area contributed by atoms with E-state index in [4.69, 9.17) is 10.00 Å². The van der Waals surface area contributed by atoms with Crippen LogP contribution in [0.15, 0.2) is 24.3 Å². The molecule has 2 rings (SSSR count). The minimum absolute atomic E-state index is 0.521. The van der Waals surface area contributed by atoms with Gasteiger partial charge in [0, 0.05) is 12.6 Å². The lowest BCUT2D eigenvalue weighted by Gasteiger charge is -2.27. The van der Waals surface area contributed by atoms with Gasteiger partial charge in [-0.25, -0.2) is 0 Å². The number of benzene rings is 1. The molecule has 20 heavy (non-hydrogen) atoms. The average Bonchev–Trinajstić information content (AvgIpc) is 2.49.